The highest BCUT2D eigenvalue weighted by Crippen LogP contribution is 2.40. The van der Waals surface area contributed by atoms with E-state index in [1.807, 2.05) is 11.3 Å². The van der Waals surface area contributed by atoms with Gasteiger partial charge in [-0.25, -0.2) is 9.97 Å². The fourth-order valence-corrected chi connectivity index (χ4v) is 5.76. The van der Waals surface area contributed by atoms with Gasteiger partial charge in [0.1, 0.15) is 17.0 Å². The molecule has 0 bridgehead atoms. The minimum absolute atomic E-state index is 0.765. The molecular formula is C22H26N4S. The van der Waals surface area contributed by atoms with E-state index >= 15 is 0 Å². The lowest BCUT2D eigenvalue weighted by atomic mass is 9.88. The van der Waals surface area contributed by atoms with Crippen LogP contribution in [0.3, 0.4) is 0 Å². The second kappa shape index (κ2) is 6.79. The van der Waals surface area contributed by atoms with E-state index in [-0.39, 0.29) is 0 Å². The summed E-state index contributed by atoms with van der Waals surface area (Å²) < 4.78 is 0. The first kappa shape index (κ1) is 17.0. The Bertz CT molecular complexity index is 972. The van der Waals surface area contributed by atoms with Gasteiger partial charge in [-0.2, -0.15) is 0 Å². The summed E-state index contributed by atoms with van der Waals surface area (Å²) >= 11 is 1.89. The van der Waals surface area contributed by atoms with Crippen LogP contribution in [0.5, 0.6) is 0 Å². The summed E-state index contributed by atoms with van der Waals surface area (Å²) in [7, 11) is 0. The van der Waals surface area contributed by atoms with Crippen molar-refractivity contribution in [2.75, 3.05) is 36.0 Å². The Morgan fingerprint density at radius 2 is 1.81 bits per heavy atom. The Morgan fingerprint density at radius 3 is 2.63 bits per heavy atom. The molecule has 140 valence electrons. The highest BCUT2D eigenvalue weighted by atomic mass is 32.1. The molecule has 3 aromatic rings. The van der Waals surface area contributed by atoms with Gasteiger partial charge in [-0.05, 0) is 49.3 Å². The van der Waals surface area contributed by atoms with Gasteiger partial charge < -0.3 is 9.80 Å². The second-order valence-corrected chi connectivity index (χ2v) is 9.07. The molecule has 4 nitrogen and oxygen atoms in total. The molecule has 0 spiro atoms. The van der Waals surface area contributed by atoms with Crippen LogP contribution in [0, 0.1) is 12.8 Å². The van der Waals surface area contributed by atoms with Crippen LogP contribution in [0.2, 0.25) is 0 Å². The summed E-state index contributed by atoms with van der Waals surface area (Å²) in [5.41, 5.74) is 4.26. The summed E-state index contributed by atoms with van der Waals surface area (Å²) in [5, 5.41) is 1.34. The van der Waals surface area contributed by atoms with E-state index < -0.39 is 0 Å². The van der Waals surface area contributed by atoms with Crippen LogP contribution >= 0.6 is 11.3 Å². The number of anilines is 2. The monoisotopic (exact) mass is 378 g/mol. The van der Waals surface area contributed by atoms with Crippen molar-refractivity contribution in [2.24, 2.45) is 5.92 Å². The van der Waals surface area contributed by atoms with Gasteiger partial charge in [0, 0.05) is 36.7 Å². The normalized spacial score (nSPS) is 20.1. The summed E-state index contributed by atoms with van der Waals surface area (Å²) in [4.78, 5) is 17.1. The average molecular weight is 379 g/mol. The van der Waals surface area contributed by atoms with Gasteiger partial charge in [0.15, 0.2) is 0 Å². The fraction of sp³-hybridized carbons (Fsp3) is 0.455. The number of rotatable bonds is 2. The number of thiophene rings is 1. The molecule has 1 aliphatic heterocycles. The quantitative estimate of drug-likeness (QED) is 0.659. The summed E-state index contributed by atoms with van der Waals surface area (Å²) in [5.74, 6) is 1.93. The second-order valence-electron chi connectivity index (χ2n) is 7.99. The van der Waals surface area contributed by atoms with E-state index in [1.165, 1.54) is 46.3 Å². The number of hydrogen-bond acceptors (Lipinski definition) is 5. The van der Waals surface area contributed by atoms with Crippen molar-refractivity contribution in [3.63, 3.8) is 0 Å². The molecule has 0 amide bonds. The predicted octanol–water partition coefficient (Wildman–Crippen LogP) is 4.45. The minimum Gasteiger partial charge on any atom is -0.368 e. The van der Waals surface area contributed by atoms with Crippen molar-refractivity contribution in [1.82, 2.24) is 9.97 Å². The van der Waals surface area contributed by atoms with Crippen LogP contribution in [-0.4, -0.2) is 36.1 Å². The Balaban J connectivity index is 1.44. The summed E-state index contributed by atoms with van der Waals surface area (Å²) in [6.07, 6.45) is 5.45. The van der Waals surface area contributed by atoms with E-state index in [4.69, 9.17) is 4.98 Å². The Hall–Kier alpha value is -2.14. The number of benzene rings is 1. The van der Waals surface area contributed by atoms with Crippen molar-refractivity contribution in [2.45, 2.75) is 33.1 Å². The first-order valence-electron chi connectivity index (χ1n) is 10.0. The van der Waals surface area contributed by atoms with Crippen LogP contribution < -0.4 is 9.80 Å². The molecule has 3 heterocycles. The summed E-state index contributed by atoms with van der Waals surface area (Å²) in [6.45, 7) is 8.69. The van der Waals surface area contributed by atoms with Crippen molar-refractivity contribution in [3.8, 4) is 0 Å². The predicted molar refractivity (Wildman–Crippen MR) is 114 cm³/mol. The average Bonchev–Trinajstić information content (AvgIpc) is 3.06. The maximum atomic E-state index is 4.75. The lowest BCUT2D eigenvalue weighted by Gasteiger charge is -2.37. The van der Waals surface area contributed by atoms with Gasteiger partial charge in [0.25, 0.3) is 0 Å². The highest BCUT2D eigenvalue weighted by Gasteiger charge is 2.26. The van der Waals surface area contributed by atoms with Gasteiger partial charge in [-0.15, -0.1) is 11.3 Å². The Labute approximate surface area is 164 Å². The van der Waals surface area contributed by atoms with Crippen molar-refractivity contribution < 1.29 is 0 Å². The van der Waals surface area contributed by atoms with Gasteiger partial charge in [0.2, 0.25) is 0 Å². The van der Waals surface area contributed by atoms with E-state index in [0.717, 1.165) is 37.9 Å². The third-order valence-corrected chi connectivity index (χ3v) is 7.30. The van der Waals surface area contributed by atoms with Crippen LogP contribution in [0.4, 0.5) is 11.5 Å². The zero-order chi connectivity index (χ0) is 18.4. The molecule has 0 N–H and O–H groups in total. The van der Waals surface area contributed by atoms with E-state index in [9.17, 15) is 0 Å². The topological polar surface area (TPSA) is 32.3 Å². The third kappa shape index (κ3) is 2.98. The molecule has 1 fully saturated rings. The van der Waals surface area contributed by atoms with Gasteiger partial charge in [0.05, 0.1) is 5.39 Å². The molecule has 2 aromatic heterocycles. The molecule has 5 rings (SSSR count). The van der Waals surface area contributed by atoms with Gasteiger partial charge in [-0.3, -0.25) is 0 Å². The number of aromatic nitrogens is 2. The van der Waals surface area contributed by atoms with Gasteiger partial charge >= 0.3 is 0 Å². The molecule has 1 atom stereocenters. The number of hydrogen-bond donors (Lipinski definition) is 0. The largest absolute Gasteiger partial charge is 0.368 e. The molecular weight excluding hydrogens is 352 g/mol. The first-order valence-corrected chi connectivity index (χ1v) is 10.8. The lowest BCUT2D eigenvalue weighted by Crippen LogP contribution is -2.47. The molecule has 27 heavy (non-hydrogen) atoms. The van der Waals surface area contributed by atoms with E-state index in [1.54, 1.807) is 11.2 Å². The summed E-state index contributed by atoms with van der Waals surface area (Å²) in [6, 6.07) is 8.70. The minimum atomic E-state index is 0.765. The highest BCUT2D eigenvalue weighted by molar-refractivity contribution is 7.19. The van der Waals surface area contributed by atoms with Crippen LogP contribution in [0.25, 0.3) is 10.2 Å². The van der Waals surface area contributed by atoms with E-state index in [0.29, 0.717) is 0 Å². The molecule has 1 aliphatic carbocycles. The van der Waals surface area contributed by atoms with E-state index in [2.05, 4.69) is 52.9 Å². The number of aryl methyl sites for hydroxylation is 2. The first-order chi connectivity index (χ1) is 13.2. The molecule has 2 aliphatic rings. The maximum Gasteiger partial charge on any atom is 0.141 e. The Morgan fingerprint density at radius 1 is 1.04 bits per heavy atom. The van der Waals surface area contributed by atoms with Gasteiger partial charge in [-0.1, -0.05) is 25.1 Å². The molecule has 1 aromatic carbocycles. The maximum absolute atomic E-state index is 4.75. The van der Waals surface area contributed by atoms with Crippen molar-refractivity contribution >= 4 is 33.1 Å². The van der Waals surface area contributed by atoms with Crippen molar-refractivity contribution in [3.05, 3.63) is 46.6 Å². The molecule has 0 saturated carbocycles. The molecule has 1 saturated heterocycles. The van der Waals surface area contributed by atoms with Crippen LogP contribution in [0.15, 0.2) is 30.6 Å². The third-order valence-electron chi connectivity index (χ3n) is 6.10. The molecule has 0 unspecified atom stereocenters. The number of fused-ring (bicyclic) bond motifs is 3. The molecule has 0 radical (unpaired) electrons. The van der Waals surface area contributed by atoms with Crippen LogP contribution in [0.1, 0.15) is 29.3 Å². The van der Waals surface area contributed by atoms with Crippen LogP contribution in [-0.2, 0) is 12.8 Å². The Kier molecular flexibility index (Phi) is 4.27. The lowest BCUT2D eigenvalue weighted by molar-refractivity contribution is 0.508. The standard InChI is InChI=1S/C22H26N4S/c1-15-7-8-19-17(13-15)20-21(23-14-24-22(20)27-19)26-11-9-25(10-12-26)18-6-4-3-5-16(18)2/h3-6,14-15H,7-13H2,1-2H3/t15-/m1/s1. The fourth-order valence-electron chi connectivity index (χ4n) is 4.58. The number of para-hydroxylation sites is 1. The zero-order valence-corrected chi connectivity index (χ0v) is 16.9. The van der Waals surface area contributed by atoms with Crippen molar-refractivity contribution in [1.29, 1.82) is 0 Å². The smallest absolute Gasteiger partial charge is 0.141 e. The number of nitrogens with zero attached hydrogens (tertiary/aromatic N) is 4. The molecule has 5 heteroatoms. The SMILES string of the molecule is Cc1ccccc1N1CCN(c2ncnc3sc4c(c23)C[C@H](C)CC4)CC1. The zero-order valence-electron chi connectivity index (χ0n) is 16.1. The number of piperazine rings is 1.